The summed E-state index contributed by atoms with van der Waals surface area (Å²) in [6.07, 6.45) is 0.987. The SMILES string of the molecule is CCCn1c(=NC(=O)C(c2ccccc2)c2ccccc2)sc2cc(C)c(C)cc21. The van der Waals surface area contributed by atoms with E-state index in [1.54, 1.807) is 11.3 Å². The summed E-state index contributed by atoms with van der Waals surface area (Å²) in [5.41, 5.74) is 5.61. The number of aromatic nitrogens is 1. The predicted octanol–water partition coefficient (Wildman–Crippen LogP) is 5.99. The lowest BCUT2D eigenvalue weighted by atomic mass is 9.91. The van der Waals surface area contributed by atoms with Gasteiger partial charge in [0.2, 0.25) is 0 Å². The van der Waals surface area contributed by atoms with Crippen LogP contribution in [0, 0.1) is 13.8 Å². The Labute approximate surface area is 181 Å². The molecular weight excluding hydrogens is 388 g/mol. The number of aryl methyl sites for hydroxylation is 3. The van der Waals surface area contributed by atoms with Gasteiger partial charge in [-0.15, -0.1) is 0 Å². The molecule has 30 heavy (non-hydrogen) atoms. The van der Waals surface area contributed by atoms with E-state index in [9.17, 15) is 4.79 Å². The van der Waals surface area contributed by atoms with Gasteiger partial charge in [-0.2, -0.15) is 4.99 Å². The van der Waals surface area contributed by atoms with Gasteiger partial charge in [-0.1, -0.05) is 78.9 Å². The zero-order chi connectivity index (χ0) is 21.1. The molecule has 1 amide bonds. The van der Waals surface area contributed by atoms with Crippen molar-refractivity contribution in [3.8, 4) is 0 Å². The molecule has 0 aliphatic heterocycles. The topological polar surface area (TPSA) is 34.4 Å². The Bertz CT molecular complexity index is 1200. The van der Waals surface area contributed by atoms with Crippen LogP contribution in [0.3, 0.4) is 0 Å². The number of hydrogen-bond donors (Lipinski definition) is 0. The quantitative estimate of drug-likeness (QED) is 0.395. The summed E-state index contributed by atoms with van der Waals surface area (Å²) in [6, 6.07) is 24.3. The summed E-state index contributed by atoms with van der Waals surface area (Å²) in [5.74, 6) is -0.534. The maximum Gasteiger partial charge on any atom is 0.260 e. The van der Waals surface area contributed by atoms with Gasteiger partial charge in [-0.3, -0.25) is 4.79 Å². The highest BCUT2D eigenvalue weighted by Gasteiger charge is 2.22. The Kier molecular flexibility index (Phi) is 5.96. The second-order valence-corrected chi connectivity index (χ2v) is 8.65. The second kappa shape index (κ2) is 8.80. The first-order valence-electron chi connectivity index (χ1n) is 10.4. The Hall–Kier alpha value is -2.98. The Balaban J connectivity index is 1.87. The van der Waals surface area contributed by atoms with Gasteiger partial charge < -0.3 is 4.57 Å². The zero-order valence-electron chi connectivity index (χ0n) is 17.6. The molecule has 0 aliphatic carbocycles. The van der Waals surface area contributed by atoms with Crippen LogP contribution in [0.5, 0.6) is 0 Å². The van der Waals surface area contributed by atoms with E-state index in [1.165, 1.54) is 15.8 Å². The molecule has 0 spiro atoms. The molecular formula is C26H26N2OS. The van der Waals surface area contributed by atoms with Gasteiger partial charge in [0.05, 0.1) is 16.1 Å². The van der Waals surface area contributed by atoms with Crippen molar-refractivity contribution in [2.45, 2.75) is 39.7 Å². The Morgan fingerprint density at radius 2 is 1.50 bits per heavy atom. The first-order chi connectivity index (χ1) is 14.6. The molecule has 0 saturated heterocycles. The molecule has 0 N–H and O–H groups in total. The normalized spacial score (nSPS) is 12.1. The lowest BCUT2D eigenvalue weighted by Gasteiger charge is -2.14. The lowest BCUT2D eigenvalue weighted by molar-refractivity contribution is -0.118. The van der Waals surface area contributed by atoms with Crippen molar-refractivity contribution in [3.63, 3.8) is 0 Å². The molecule has 4 aromatic rings. The molecule has 0 radical (unpaired) electrons. The van der Waals surface area contributed by atoms with Crippen LogP contribution in [-0.2, 0) is 11.3 Å². The van der Waals surface area contributed by atoms with Gasteiger partial charge in [0.25, 0.3) is 5.91 Å². The molecule has 0 atom stereocenters. The minimum Gasteiger partial charge on any atom is -0.316 e. The predicted molar refractivity (Wildman–Crippen MR) is 125 cm³/mol. The van der Waals surface area contributed by atoms with Crippen LogP contribution in [0.1, 0.15) is 41.5 Å². The third kappa shape index (κ3) is 4.01. The molecule has 4 rings (SSSR count). The number of hydrogen-bond acceptors (Lipinski definition) is 2. The number of rotatable bonds is 5. The molecule has 0 aliphatic rings. The van der Waals surface area contributed by atoms with E-state index in [0.29, 0.717) is 0 Å². The van der Waals surface area contributed by atoms with E-state index in [-0.39, 0.29) is 5.91 Å². The lowest BCUT2D eigenvalue weighted by Crippen LogP contribution is -2.20. The summed E-state index contributed by atoms with van der Waals surface area (Å²) < 4.78 is 3.37. The Morgan fingerprint density at radius 1 is 0.933 bits per heavy atom. The van der Waals surface area contributed by atoms with Crippen molar-refractivity contribution in [1.82, 2.24) is 4.57 Å². The van der Waals surface area contributed by atoms with Crippen LogP contribution in [0.4, 0.5) is 0 Å². The number of nitrogens with zero attached hydrogens (tertiary/aromatic N) is 2. The van der Waals surface area contributed by atoms with Crippen LogP contribution in [0.2, 0.25) is 0 Å². The first kappa shape index (κ1) is 20.3. The molecule has 0 fully saturated rings. The number of thiazole rings is 1. The van der Waals surface area contributed by atoms with E-state index in [0.717, 1.165) is 34.4 Å². The van der Waals surface area contributed by atoms with Crippen LogP contribution >= 0.6 is 11.3 Å². The summed E-state index contributed by atoms with van der Waals surface area (Å²) in [7, 11) is 0. The van der Waals surface area contributed by atoms with E-state index < -0.39 is 5.92 Å². The van der Waals surface area contributed by atoms with Gasteiger partial charge >= 0.3 is 0 Å². The van der Waals surface area contributed by atoms with Crippen LogP contribution in [-0.4, -0.2) is 10.5 Å². The average molecular weight is 415 g/mol. The van der Waals surface area contributed by atoms with Crippen molar-refractivity contribution < 1.29 is 4.79 Å². The van der Waals surface area contributed by atoms with Crippen molar-refractivity contribution in [2.24, 2.45) is 4.99 Å². The van der Waals surface area contributed by atoms with Gasteiger partial charge in [0.1, 0.15) is 0 Å². The van der Waals surface area contributed by atoms with E-state index >= 15 is 0 Å². The van der Waals surface area contributed by atoms with Crippen LogP contribution in [0.15, 0.2) is 77.8 Å². The molecule has 0 saturated carbocycles. The number of amides is 1. The van der Waals surface area contributed by atoms with Gasteiger partial charge in [-0.25, -0.2) is 0 Å². The third-order valence-electron chi connectivity index (χ3n) is 5.46. The molecule has 0 unspecified atom stereocenters. The highest BCUT2D eigenvalue weighted by molar-refractivity contribution is 7.16. The largest absolute Gasteiger partial charge is 0.316 e. The number of carbonyl (C=O) groups excluding carboxylic acids is 1. The summed E-state index contributed by atoms with van der Waals surface area (Å²) >= 11 is 1.60. The monoisotopic (exact) mass is 414 g/mol. The molecule has 152 valence electrons. The number of carbonyl (C=O) groups is 1. The van der Waals surface area contributed by atoms with Gasteiger partial charge in [0.15, 0.2) is 4.80 Å². The molecule has 4 heteroatoms. The zero-order valence-corrected chi connectivity index (χ0v) is 18.4. The minimum absolute atomic E-state index is 0.128. The fourth-order valence-corrected chi connectivity index (χ4v) is 4.92. The number of fused-ring (bicyclic) bond motifs is 1. The second-order valence-electron chi connectivity index (χ2n) is 7.64. The Morgan fingerprint density at radius 3 is 2.07 bits per heavy atom. The molecule has 3 aromatic carbocycles. The van der Waals surface area contributed by atoms with Gasteiger partial charge in [0, 0.05) is 6.54 Å². The maximum absolute atomic E-state index is 13.5. The summed E-state index contributed by atoms with van der Waals surface area (Å²) in [6.45, 7) is 7.25. The average Bonchev–Trinajstić information content (AvgIpc) is 3.06. The summed E-state index contributed by atoms with van der Waals surface area (Å²) in [5, 5.41) is 0. The van der Waals surface area contributed by atoms with E-state index in [4.69, 9.17) is 0 Å². The molecule has 3 nitrogen and oxygen atoms in total. The highest BCUT2D eigenvalue weighted by atomic mass is 32.1. The van der Waals surface area contributed by atoms with E-state index in [2.05, 4.69) is 42.5 Å². The molecule has 1 heterocycles. The standard InChI is InChI=1S/C26H26N2OS/c1-4-15-28-22-16-18(2)19(3)17-23(22)30-26(28)27-25(29)24(20-11-7-5-8-12-20)21-13-9-6-10-14-21/h5-14,16-17,24H,4,15H2,1-3H3. The maximum atomic E-state index is 13.5. The van der Waals surface area contributed by atoms with E-state index in [1.807, 2.05) is 60.7 Å². The highest BCUT2D eigenvalue weighted by Crippen LogP contribution is 2.27. The third-order valence-corrected chi connectivity index (χ3v) is 6.51. The fourth-order valence-electron chi connectivity index (χ4n) is 3.77. The van der Waals surface area contributed by atoms with Crippen molar-refractivity contribution >= 4 is 27.5 Å². The molecule has 1 aromatic heterocycles. The smallest absolute Gasteiger partial charge is 0.260 e. The minimum atomic E-state index is -0.406. The van der Waals surface area contributed by atoms with Crippen molar-refractivity contribution in [3.05, 3.63) is 99.9 Å². The molecule has 0 bridgehead atoms. The first-order valence-corrected chi connectivity index (χ1v) is 11.2. The summed E-state index contributed by atoms with van der Waals surface area (Å²) in [4.78, 5) is 19.0. The van der Waals surface area contributed by atoms with Crippen LogP contribution < -0.4 is 4.80 Å². The van der Waals surface area contributed by atoms with Crippen molar-refractivity contribution in [2.75, 3.05) is 0 Å². The van der Waals surface area contributed by atoms with Crippen LogP contribution in [0.25, 0.3) is 10.2 Å². The number of benzene rings is 3. The van der Waals surface area contributed by atoms with Gasteiger partial charge in [-0.05, 0) is 54.7 Å². The van der Waals surface area contributed by atoms with Crippen molar-refractivity contribution in [1.29, 1.82) is 0 Å². The fraction of sp³-hybridized carbons (Fsp3) is 0.231.